The van der Waals surface area contributed by atoms with Crippen molar-refractivity contribution in [3.05, 3.63) is 0 Å². The normalized spacial score (nSPS) is 40.5. The number of alkyl halides is 3. The minimum absolute atomic E-state index is 0.206. The third kappa shape index (κ3) is 2.70. The monoisotopic (exact) mass is 328 g/mol. The van der Waals surface area contributed by atoms with Crippen molar-refractivity contribution in [3.8, 4) is 0 Å². The first-order valence-corrected chi connectivity index (χ1v) is 8.66. The molecule has 4 nitrogen and oxygen atoms in total. The minimum atomic E-state index is -5.81. The van der Waals surface area contributed by atoms with Crippen LogP contribution in [0.5, 0.6) is 0 Å². The van der Waals surface area contributed by atoms with Gasteiger partial charge in [-0.2, -0.15) is 17.2 Å². The maximum absolute atomic E-state index is 13.5. The Kier molecular flexibility index (Phi) is 3.57. The van der Waals surface area contributed by atoms with Gasteiger partial charge in [-0.3, -0.25) is 4.55 Å². The zero-order valence-corrected chi connectivity index (χ0v) is 12.3. The van der Waals surface area contributed by atoms with Crippen LogP contribution in [0.2, 0.25) is 0 Å². The highest BCUT2D eigenvalue weighted by Crippen LogP contribution is 2.60. The van der Waals surface area contributed by atoms with Crippen molar-refractivity contribution in [2.75, 3.05) is 6.61 Å². The second-order valence-electron chi connectivity index (χ2n) is 7.08. The molecule has 0 heterocycles. The molecule has 4 aliphatic carbocycles. The van der Waals surface area contributed by atoms with E-state index >= 15 is 0 Å². The molecule has 0 spiro atoms. The molecular weight excluding hydrogens is 309 g/mol. The van der Waals surface area contributed by atoms with Crippen LogP contribution in [0.25, 0.3) is 0 Å². The molecule has 122 valence electrons. The summed E-state index contributed by atoms with van der Waals surface area (Å²) in [6, 6.07) is 0. The Bertz CT molecular complexity index is 484. The van der Waals surface area contributed by atoms with Gasteiger partial charge >= 0.3 is 15.4 Å². The van der Waals surface area contributed by atoms with Crippen LogP contribution in [0.15, 0.2) is 0 Å². The maximum atomic E-state index is 13.5. The van der Waals surface area contributed by atoms with Gasteiger partial charge in [-0.15, -0.1) is 0 Å². The molecule has 4 fully saturated rings. The molecule has 4 bridgehead atoms. The standard InChI is InChI=1S/C13H19F3O4S/c14-11(13(15,16)21(17,18)19)20-7-12-4-8-1-9(5-12)3-10(2-8)6-12/h8-11H,1-7H2,(H,17,18,19). The Morgan fingerprint density at radius 3 is 1.95 bits per heavy atom. The summed E-state index contributed by atoms with van der Waals surface area (Å²) in [6.07, 6.45) is 2.63. The van der Waals surface area contributed by atoms with E-state index < -0.39 is 21.7 Å². The van der Waals surface area contributed by atoms with Crippen LogP contribution in [-0.2, 0) is 14.9 Å². The van der Waals surface area contributed by atoms with Crippen molar-refractivity contribution in [1.29, 1.82) is 0 Å². The largest absolute Gasteiger partial charge is 0.423 e. The van der Waals surface area contributed by atoms with E-state index in [1.807, 2.05) is 0 Å². The Labute approximate surface area is 121 Å². The molecule has 4 aliphatic rings. The molecule has 1 unspecified atom stereocenters. The third-order valence-corrected chi connectivity index (χ3v) is 6.18. The fourth-order valence-electron chi connectivity index (χ4n) is 4.93. The topological polar surface area (TPSA) is 63.6 Å². The molecule has 0 aromatic carbocycles. The molecule has 4 rings (SSSR count). The zero-order valence-electron chi connectivity index (χ0n) is 11.5. The van der Waals surface area contributed by atoms with Gasteiger partial charge in [0.1, 0.15) is 0 Å². The average Bonchev–Trinajstić information content (AvgIpc) is 2.32. The lowest BCUT2D eigenvalue weighted by Gasteiger charge is -2.56. The number of hydrogen-bond donors (Lipinski definition) is 1. The van der Waals surface area contributed by atoms with Gasteiger partial charge in [-0.05, 0) is 61.7 Å². The maximum Gasteiger partial charge on any atom is 0.423 e. The van der Waals surface area contributed by atoms with Gasteiger partial charge < -0.3 is 4.74 Å². The van der Waals surface area contributed by atoms with Crippen LogP contribution in [0.3, 0.4) is 0 Å². The number of ether oxygens (including phenoxy) is 1. The van der Waals surface area contributed by atoms with Crippen LogP contribution in [-0.4, -0.2) is 31.2 Å². The van der Waals surface area contributed by atoms with E-state index in [0.717, 1.165) is 38.5 Å². The average molecular weight is 328 g/mol. The summed E-state index contributed by atoms with van der Waals surface area (Å²) >= 11 is 0. The molecule has 4 saturated carbocycles. The van der Waals surface area contributed by atoms with E-state index in [1.165, 1.54) is 0 Å². The molecule has 1 atom stereocenters. The molecule has 0 saturated heterocycles. The van der Waals surface area contributed by atoms with E-state index in [-0.39, 0.29) is 12.0 Å². The van der Waals surface area contributed by atoms with Crippen molar-refractivity contribution in [2.45, 2.75) is 50.1 Å². The van der Waals surface area contributed by atoms with E-state index in [4.69, 9.17) is 4.55 Å². The Hall–Kier alpha value is -0.340. The minimum Gasteiger partial charge on any atom is -0.342 e. The molecule has 0 amide bonds. The Morgan fingerprint density at radius 1 is 1.14 bits per heavy atom. The predicted octanol–water partition coefficient (Wildman–Crippen LogP) is 3.00. The van der Waals surface area contributed by atoms with Crippen molar-refractivity contribution in [3.63, 3.8) is 0 Å². The molecule has 8 heteroatoms. The molecule has 0 aliphatic heterocycles. The van der Waals surface area contributed by atoms with Crippen LogP contribution < -0.4 is 0 Å². The summed E-state index contributed by atoms with van der Waals surface area (Å²) < 4.78 is 73.7. The van der Waals surface area contributed by atoms with Crippen LogP contribution in [0, 0.1) is 23.2 Å². The van der Waals surface area contributed by atoms with Crippen LogP contribution >= 0.6 is 0 Å². The van der Waals surface area contributed by atoms with Gasteiger partial charge in [0.2, 0.25) is 0 Å². The molecule has 0 aromatic heterocycles. The fraction of sp³-hybridized carbons (Fsp3) is 1.00. The van der Waals surface area contributed by atoms with Gasteiger partial charge in [0, 0.05) is 0 Å². The SMILES string of the molecule is O=S(=O)(O)C(F)(F)C(F)OCC12CC3CC(CC(C3)C1)C2. The van der Waals surface area contributed by atoms with E-state index in [0.29, 0.717) is 17.8 Å². The van der Waals surface area contributed by atoms with Gasteiger partial charge in [-0.1, -0.05) is 0 Å². The second kappa shape index (κ2) is 4.83. The molecular formula is C13H19F3O4S. The highest BCUT2D eigenvalue weighted by Gasteiger charge is 2.56. The smallest absolute Gasteiger partial charge is 0.342 e. The van der Waals surface area contributed by atoms with Crippen LogP contribution in [0.4, 0.5) is 13.2 Å². The summed E-state index contributed by atoms with van der Waals surface area (Å²) in [4.78, 5) is 0. The first kappa shape index (κ1) is 15.6. The van der Waals surface area contributed by atoms with Gasteiger partial charge in [0.25, 0.3) is 6.36 Å². The Morgan fingerprint density at radius 2 is 1.57 bits per heavy atom. The summed E-state index contributed by atoms with van der Waals surface area (Å²) in [7, 11) is -5.81. The molecule has 0 aromatic rings. The predicted molar refractivity (Wildman–Crippen MR) is 67.9 cm³/mol. The second-order valence-corrected chi connectivity index (χ2v) is 8.58. The molecule has 1 N–H and O–H groups in total. The summed E-state index contributed by atoms with van der Waals surface area (Å²) in [5, 5.41) is -4.92. The number of hydrogen-bond acceptors (Lipinski definition) is 3. The van der Waals surface area contributed by atoms with E-state index in [9.17, 15) is 21.6 Å². The van der Waals surface area contributed by atoms with E-state index in [1.54, 1.807) is 0 Å². The lowest BCUT2D eigenvalue weighted by atomic mass is 9.50. The quantitative estimate of drug-likeness (QED) is 0.788. The highest BCUT2D eigenvalue weighted by molar-refractivity contribution is 7.86. The molecule has 21 heavy (non-hydrogen) atoms. The number of halogens is 3. The summed E-state index contributed by atoms with van der Waals surface area (Å²) in [5.74, 6) is 1.67. The summed E-state index contributed by atoms with van der Waals surface area (Å²) in [6.45, 7) is -0.206. The third-order valence-electron chi connectivity index (χ3n) is 5.31. The first-order valence-electron chi connectivity index (χ1n) is 7.22. The molecule has 0 radical (unpaired) electrons. The van der Waals surface area contributed by atoms with Gasteiger partial charge in [-0.25, -0.2) is 4.39 Å². The van der Waals surface area contributed by atoms with Gasteiger partial charge in [0.05, 0.1) is 6.61 Å². The van der Waals surface area contributed by atoms with Crippen molar-refractivity contribution in [2.24, 2.45) is 23.2 Å². The van der Waals surface area contributed by atoms with Crippen molar-refractivity contribution >= 4 is 10.1 Å². The number of rotatable bonds is 5. The van der Waals surface area contributed by atoms with E-state index in [2.05, 4.69) is 4.74 Å². The fourth-order valence-corrected chi connectivity index (χ4v) is 5.23. The van der Waals surface area contributed by atoms with Crippen molar-refractivity contribution < 1.29 is 30.9 Å². The van der Waals surface area contributed by atoms with Crippen molar-refractivity contribution in [1.82, 2.24) is 0 Å². The van der Waals surface area contributed by atoms with Gasteiger partial charge in [0.15, 0.2) is 0 Å². The first-order chi connectivity index (χ1) is 9.61. The highest BCUT2D eigenvalue weighted by atomic mass is 32.2. The lowest BCUT2D eigenvalue weighted by molar-refractivity contribution is -0.191. The summed E-state index contributed by atoms with van der Waals surface area (Å²) in [5.41, 5.74) is -0.297. The van der Waals surface area contributed by atoms with Crippen LogP contribution in [0.1, 0.15) is 38.5 Å². The lowest BCUT2D eigenvalue weighted by Crippen LogP contribution is -2.49. The Balaban J connectivity index is 1.65. The zero-order chi connectivity index (χ0) is 15.5.